The summed E-state index contributed by atoms with van der Waals surface area (Å²) >= 11 is 0. The minimum atomic E-state index is -0.631. The Morgan fingerprint density at radius 2 is 1.89 bits per heavy atom. The van der Waals surface area contributed by atoms with Crippen molar-refractivity contribution in [3.05, 3.63) is 60.2 Å². The number of fused-ring (bicyclic) bond motifs is 3. The third kappa shape index (κ3) is 4.75. The zero-order valence-electron chi connectivity index (χ0n) is 21.3. The molecular formula is C28H31FN4O4. The molecule has 1 aromatic heterocycles. The SMILES string of the molecule is CN1C(=O)C2C(/C=C/c3ccc(-c4cccc(F)c4)cn3)C3NCN(C(=O)OC(C)(C)C)CC3C2C1=O. The fourth-order valence-corrected chi connectivity index (χ4v) is 5.76. The number of pyridine rings is 1. The summed E-state index contributed by atoms with van der Waals surface area (Å²) in [6.45, 7) is 6.04. The zero-order valence-corrected chi connectivity index (χ0v) is 21.3. The van der Waals surface area contributed by atoms with Gasteiger partial charge >= 0.3 is 6.09 Å². The lowest BCUT2D eigenvalue weighted by molar-refractivity contribution is -0.139. The highest BCUT2D eigenvalue weighted by Crippen LogP contribution is 2.49. The van der Waals surface area contributed by atoms with Gasteiger partial charge < -0.3 is 4.74 Å². The van der Waals surface area contributed by atoms with E-state index in [-0.39, 0.29) is 42.2 Å². The minimum absolute atomic E-state index is 0.141. The molecule has 2 aromatic rings. The molecule has 2 aliphatic heterocycles. The number of rotatable bonds is 3. The van der Waals surface area contributed by atoms with Crippen molar-refractivity contribution in [3.8, 4) is 11.1 Å². The maximum Gasteiger partial charge on any atom is 0.411 e. The van der Waals surface area contributed by atoms with E-state index in [1.54, 1.807) is 17.2 Å². The standard InChI is InChI=1S/C28H31FN4O4/c1-28(2,3)37-27(36)33-14-21-23-22(25(34)32(4)26(23)35)20(24(21)31-15-33)11-10-19-9-8-17(13-30-19)16-6-5-7-18(29)12-16/h5-13,20-24,31H,14-15H2,1-4H3/b11-10+. The summed E-state index contributed by atoms with van der Waals surface area (Å²) in [7, 11) is 1.52. The first-order valence-electron chi connectivity index (χ1n) is 12.5. The maximum absolute atomic E-state index is 13.6. The second-order valence-corrected chi connectivity index (χ2v) is 11.0. The number of ether oxygens (including phenoxy) is 1. The molecule has 1 aromatic carbocycles. The van der Waals surface area contributed by atoms with Crippen LogP contribution in [0.5, 0.6) is 0 Å². The van der Waals surface area contributed by atoms with Crippen molar-refractivity contribution in [2.45, 2.75) is 32.4 Å². The molecule has 5 atom stereocenters. The van der Waals surface area contributed by atoms with Crippen LogP contribution in [0.3, 0.4) is 0 Å². The first-order chi connectivity index (χ1) is 17.5. The molecule has 2 saturated heterocycles. The normalized spacial score (nSPS) is 27.5. The van der Waals surface area contributed by atoms with E-state index in [9.17, 15) is 18.8 Å². The molecule has 1 aliphatic carbocycles. The van der Waals surface area contributed by atoms with Crippen molar-refractivity contribution in [2.24, 2.45) is 23.7 Å². The molecule has 3 amide bonds. The van der Waals surface area contributed by atoms with Crippen molar-refractivity contribution in [1.29, 1.82) is 0 Å². The molecule has 1 saturated carbocycles. The highest BCUT2D eigenvalue weighted by molar-refractivity contribution is 6.06. The Labute approximate surface area is 215 Å². The number of halogens is 1. The summed E-state index contributed by atoms with van der Waals surface area (Å²) in [5, 5.41) is 3.40. The Hall–Kier alpha value is -3.59. The molecule has 194 valence electrons. The summed E-state index contributed by atoms with van der Waals surface area (Å²) in [4.78, 5) is 46.1. The van der Waals surface area contributed by atoms with Gasteiger partial charge in [-0.15, -0.1) is 0 Å². The van der Waals surface area contributed by atoms with Gasteiger partial charge in [0, 0.05) is 43.2 Å². The molecule has 3 aliphatic rings. The van der Waals surface area contributed by atoms with Crippen LogP contribution in [0.15, 0.2) is 48.7 Å². The van der Waals surface area contributed by atoms with Gasteiger partial charge in [0.2, 0.25) is 11.8 Å². The average molecular weight is 507 g/mol. The van der Waals surface area contributed by atoms with Gasteiger partial charge in [-0.25, -0.2) is 9.18 Å². The number of carbonyl (C=O) groups is 3. The second kappa shape index (κ2) is 9.37. The van der Waals surface area contributed by atoms with Crippen LogP contribution in [-0.4, -0.2) is 64.6 Å². The van der Waals surface area contributed by atoms with Gasteiger partial charge in [-0.2, -0.15) is 0 Å². The third-order valence-electron chi connectivity index (χ3n) is 7.40. The van der Waals surface area contributed by atoms with Crippen LogP contribution in [0.2, 0.25) is 0 Å². The lowest BCUT2D eigenvalue weighted by Gasteiger charge is -2.39. The van der Waals surface area contributed by atoms with E-state index in [4.69, 9.17) is 4.74 Å². The average Bonchev–Trinajstić information content (AvgIpc) is 3.29. The molecule has 5 rings (SSSR count). The molecule has 9 heteroatoms. The topological polar surface area (TPSA) is 91.8 Å². The number of carbonyl (C=O) groups excluding carboxylic acids is 3. The van der Waals surface area contributed by atoms with E-state index in [1.807, 2.05) is 51.1 Å². The van der Waals surface area contributed by atoms with Crippen LogP contribution < -0.4 is 5.32 Å². The molecule has 8 nitrogen and oxygen atoms in total. The fourth-order valence-electron chi connectivity index (χ4n) is 5.76. The molecular weight excluding hydrogens is 475 g/mol. The number of nitrogens with one attached hydrogen (secondary N) is 1. The summed E-state index contributed by atoms with van der Waals surface area (Å²) in [6, 6.07) is 9.91. The third-order valence-corrected chi connectivity index (χ3v) is 7.40. The second-order valence-electron chi connectivity index (χ2n) is 11.0. The van der Waals surface area contributed by atoms with Crippen LogP contribution >= 0.6 is 0 Å². The fraction of sp³-hybridized carbons (Fsp3) is 0.429. The Kier molecular flexibility index (Phi) is 6.35. The van der Waals surface area contributed by atoms with E-state index < -0.39 is 23.5 Å². The van der Waals surface area contributed by atoms with E-state index in [0.29, 0.717) is 12.2 Å². The van der Waals surface area contributed by atoms with Gasteiger partial charge in [-0.1, -0.05) is 24.3 Å². The van der Waals surface area contributed by atoms with Crippen molar-refractivity contribution in [3.63, 3.8) is 0 Å². The predicted octanol–water partition coefficient (Wildman–Crippen LogP) is 3.54. The minimum Gasteiger partial charge on any atom is -0.444 e. The summed E-state index contributed by atoms with van der Waals surface area (Å²) < 4.78 is 19.1. The van der Waals surface area contributed by atoms with Crippen LogP contribution in [0, 0.1) is 29.5 Å². The smallest absolute Gasteiger partial charge is 0.411 e. The van der Waals surface area contributed by atoms with Crippen molar-refractivity contribution >= 4 is 24.0 Å². The van der Waals surface area contributed by atoms with E-state index in [1.165, 1.54) is 24.1 Å². The van der Waals surface area contributed by atoms with Gasteiger partial charge in [-0.3, -0.25) is 29.7 Å². The van der Waals surface area contributed by atoms with Crippen molar-refractivity contribution in [1.82, 2.24) is 20.1 Å². The van der Waals surface area contributed by atoms with E-state index in [0.717, 1.165) is 11.1 Å². The largest absolute Gasteiger partial charge is 0.444 e. The molecule has 37 heavy (non-hydrogen) atoms. The quantitative estimate of drug-likeness (QED) is 0.641. The van der Waals surface area contributed by atoms with Crippen molar-refractivity contribution < 1.29 is 23.5 Å². The Morgan fingerprint density at radius 3 is 2.57 bits per heavy atom. The predicted molar refractivity (Wildman–Crippen MR) is 135 cm³/mol. The van der Waals surface area contributed by atoms with Crippen LogP contribution in [0.4, 0.5) is 9.18 Å². The lowest BCUT2D eigenvalue weighted by atomic mass is 9.89. The molecule has 0 spiro atoms. The maximum atomic E-state index is 13.6. The van der Waals surface area contributed by atoms with E-state index >= 15 is 0 Å². The number of likely N-dealkylation sites (tertiary alicyclic amines) is 1. The highest BCUT2D eigenvalue weighted by atomic mass is 19.1. The Morgan fingerprint density at radius 1 is 1.14 bits per heavy atom. The van der Waals surface area contributed by atoms with Crippen LogP contribution in [0.25, 0.3) is 17.2 Å². The molecule has 3 heterocycles. The van der Waals surface area contributed by atoms with Crippen LogP contribution in [0.1, 0.15) is 26.5 Å². The summed E-state index contributed by atoms with van der Waals surface area (Å²) in [6.07, 6.45) is 5.05. The number of benzene rings is 1. The molecule has 3 fully saturated rings. The zero-order chi connectivity index (χ0) is 26.5. The first-order valence-corrected chi connectivity index (χ1v) is 12.5. The van der Waals surface area contributed by atoms with E-state index in [2.05, 4.69) is 10.3 Å². The number of nitrogens with zero attached hydrogens (tertiary/aromatic N) is 3. The number of hydrogen-bond donors (Lipinski definition) is 1. The van der Waals surface area contributed by atoms with Gasteiger partial charge in [0.25, 0.3) is 0 Å². The van der Waals surface area contributed by atoms with Gasteiger partial charge in [0.15, 0.2) is 0 Å². The van der Waals surface area contributed by atoms with Gasteiger partial charge in [-0.05, 0) is 50.6 Å². The summed E-state index contributed by atoms with van der Waals surface area (Å²) in [5.41, 5.74) is 1.60. The first kappa shape index (κ1) is 25.1. The molecule has 0 bridgehead atoms. The Bertz CT molecular complexity index is 1260. The monoisotopic (exact) mass is 506 g/mol. The number of amides is 3. The number of aromatic nitrogens is 1. The lowest BCUT2D eigenvalue weighted by Crippen LogP contribution is -2.57. The molecule has 5 unspecified atom stereocenters. The summed E-state index contributed by atoms with van der Waals surface area (Å²) in [5.74, 6) is -2.16. The highest BCUT2D eigenvalue weighted by Gasteiger charge is 2.62. The van der Waals surface area contributed by atoms with Gasteiger partial charge in [0.05, 0.1) is 24.2 Å². The molecule has 0 radical (unpaired) electrons. The number of hydrogen-bond acceptors (Lipinski definition) is 6. The van der Waals surface area contributed by atoms with Crippen LogP contribution in [-0.2, 0) is 14.3 Å². The Balaban J connectivity index is 1.37. The molecule has 1 N–H and O–H groups in total. The van der Waals surface area contributed by atoms with Gasteiger partial charge in [0.1, 0.15) is 11.4 Å². The van der Waals surface area contributed by atoms with Crippen molar-refractivity contribution in [2.75, 3.05) is 20.3 Å². The number of imide groups is 1.